The molecule has 3 heteroatoms. The predicted octanol–water partition coefficient (Wildman–Crippen LogP) is 0.166. The highest BCUT2D eigenvalue weighted by molar-refractivity contribution is 5.89. The molecular weight excluding hydrogens is 118 g/mol. The molecular formula is C6H9NO2. The van der Waals surface area contributed by atoms with Crippen molar-refractivity contribution in [1.29, 1.82) is 0 Å². The summed E-state index contributed by atoms with van der Waals surface area (Å²) in [5.74, 6) is -0.143. The minimum Gasteiger partial charge on any atom is -0.488 e. The van der Waals surface area contributed by atoms with Gasteiger partial charge >= 0.3 is 0 Å². The van der Waals surface area contributed by atoms with Crippen molar-refractivity contribution in [2.45, 2.75) is 12.8 Å². The van der Waals surface area contributed by atoms with Gasteiger partial charge in [-0.3, -0.25) is 4.79 Å². The third-order valence-electron chi connectivity index (χ3n) is 1.18. The van der Waals surface area contributed by atoms with Gasteiger partial charge in [0.15, 0.2) is 5.76 Å². The molecule has 1 aliphatic rings. The van der Waals surface area contributed by atoms with Gasteiger partial charge < -0.3 is 10.5 Å². The maximum Gasteiger partial charge on any atom is 0.283 e. The van der Waals surface area contributed by atoms with E-state index in [9.17, 15) is 4.79 Å². The number of ether oxygens (including phenoxy) is 1. The number of rotatable bonds is 1. The van der Waals surface area contributed by atoms with Gasteiger partial charge in [0.2, 0.25) is 0 Å². The number of allylic oxidation sites excluding steroid dienone is 1. The summed E-state index contributed by atoms with van der Waals surface area (Å²) >= 11 is 0. The van der Waals surface area contributed by atoms with Gasteiger partial charge in [0.05, 0.1) is 6.61 Å². The predicted molar refractivity (Wildman–Crippen MR) is 32.5 cm³/mol. The van der Waals surface area contributed by atoms with E-state index in [4.69, 9.17) is 10.5 Å². The first-order valence-electron chi connectivity index (χ1n) is 2.93. The number of hydrogen-bond donors (Lipinski definition) is 1. The maximum atomic E-state index is 10.4. The smallest absolute Gasteiger partial charge is 0.283 e. The van der Waals surface area contributed by atoms with Crippen molar-refractivity contribution in [2.75, 3.05) is 6.61 Å². The molecule has 0 aliphatic carbocycles. The lowest BCUT2D eigenvalue weighted by atomic mass is 10.2. The molecule has 0 atom stereocenters. The maximum absolute atomic E-state index is 10.4. The fourth-order valence-electron chi connectivity index (χ4n) is 0.729. The molecule has 3 nitrogen and oxygen atoms in total. The monoisotopic (exact) mass is 127 g/mol. The Kier molecular flexibility index (Phi) is 1.72. The van der Waals surface area contributed by atoms with E-state index in [1.54, 1.807) is 6.08 Å². The molecule has 1 aliphatic heterocycles. The number of carbonyl (C=O) groups is 1. The first-order valence-corrected chi connectivity index (χ1v) is 2.93. The van der Waals surface area contributed by atoms with E-state index in [1.807, 2.05) is 0 Å². The molecule has 0 unspecified atom stereocenters. The minimum atomic E-state index is -0.463. The van der Waals surface area contributed by atoms with Crippen molar-refractivity contribution < 1.29 is 9.53 Å². The van der Waals surface area contributed by atoms with Gasteiger partial charge in [0, 0.05) is 0 Å². The van der Waals surface area contributed by atoms with E-state index < -0.39 is 5.91 Å². The summed E-state index contributed by atoms with van der Waals surface area (Å²) in [6, 6.07) is 0. The summed E-state index contributed by atoms with van der Waals surface area (Å²) < 4.78 is 4.93. The Labute approximate surface area is 53.5 Å². The molecule has 2 N–H and O–H groups in total. The second kappa shape index (κ2) is 2.53. The van der Waals surface area contributed by atoms with Crippen LogP contribution in [0.5, 0.6) is 0 Å². The first kappa shape index (κ1) is 6.13. The van der Waals surface area contributed by atoms with Gasteiger partial charge in [0.1, 0.15) is 0 Å². The lowest BCUT2D eigenvalue weighted by Crippen LogP contribution is -2.18. The molecule has 0 spiro atoms. The first-order chi connectivity index (χ1) is 4.30. The zero-order valence-corrected chi connectivity index (χ0v) is 5.09. The second-order valence-corrected chi connectivity index (χ2v) is 1.92. The summed E-state index contributed by atoms with van der Waals surface area (Å²) in [6.07, 6.45) is 3.61. The fourth-order valence-corrected chi connectivity index (χ4v) is 0.729. The van der Waals surface area contributed by atoms with Gasteiger partial charge in [0.25, 0.3) is 5.91 Å². The van der Waals surface area contributed by atoms with Crippen LogP contribution in [-0.4, -0.2) is 12.5 Å². The molecule has 9 heavy (non-hydrogen) atoms. The number of amides is 1. The molecule has 1 rings (SSSR count). The van der Waals surface area contributed by atoms with Gasteiger partial charge in [-0.1, -0.05) is 0 Å². The molecule has 0 bridgehead atoms. The van der Waals surface area contributed by atoms with Crippen LogP contribution in [0.2, 0.25) is 0 Å². The highest BCUT2D eigenvalue weighted by Gasteiger charge is 2.08. The van der Waals surface area contributed by atoms with E-state index in [0.717, 1.165) is 12.8 Å². The SMILES string of the molecule is NC(=O)C1=CCCCO1. The lowest BCUT2D eigenvalue weighted by Gasteiger charge is -2.10. The van der Waals surface area contributed by atoms with Gasteiger partial charge in [-0.15, -0.1) is 0 Å². The molecule has 0 radical (unpaired) electrons. The number of carbonyl (C=O) groups excluding carboxylic acids is 1. The van der Waals surface area contributed by atoms with Crippen LogP contribution in [0.3, 0.4) is 0 Å². The molecule has 0 aromatic heterocycles. The molecule has 50 valence electrons. The lowest BCUT2D eigenvalue weighted by molar-refractivity contribution is -0.118. The van der Waals surface area contributed by atoms with Crippen molar-refractivity contribution in [3.63, 3.8) is 0 Å². The quantitative estimate of drug-likeness (QED) is 0.545. The Morgan fingerprint density at radius 1 is 1.78 bits per heavy atom. The number of hydrogen-bond acceptors (Lipinski definition) is 2. The molecule has 1 heterocycles. The van der Waals surface area contributed by atoms with Crippen molar-refractivity contribution in [1.82, 2.24) is 0 Å². The molecule has 1 amide bonds. The Morgan fingerprint density at radius 3 is 2.89 bits per heavy atom. The highest BCUT2D eigenvalue weighted by Crippen LogP contribution is 2.07. The zero-order chi connectivity index (χ0) is 6.69. The summed E-state index contributed by atoms with van der Waals surface area (Å²) in [5.41, 5.74) is 4.93. The van der Waals surface area contributed by atoms with Crippen LogP contribution in [0.25, 0.3) is 0 Å². The Morgan fingerprint density at radius 2 is 2.56 bits per heavy atom. The van der Waals surface area contributed by atoms with Crippen LogP contribution in [0, 0.1) is 0 Å². The average Bonchev–Trinajstić information content (AvgIpc) is 1.90. The molecule has 0 aromatic carbocycles. The van der Waals surface area contributed by atoms with E-state index in [-0.39, 0.29) is 0 Å². The summed E-state index contributed by atoms with van der Waals surface area (Å²) in [7, 11) is 0. The highest BCUT2D eigenvalue weighted by atomic mass is 16.5. The standard InChI is InChI=1S/C6H9NO2/c7-6(8)5-3-1-2-4-9-5/h3H,1-2,4H2,(H2,7,8). The largest absolute Gasteiger partial charge is 0.488 e. The minimum absolute atomic E-state index is 0.321. The molecule has 0 aromatic rings. The van der Waals surface area contributed by atoms with Crippen molar-refractivity contribution in [3.05, 3.63) is 11.8 Å². The summed E-state index contributed by atoms with van der Waals surface area (Å²) in [5, 5.41) is 0. The third-order valence-corrected chi connectivity index (χ3v) is 1.18. The fraction of sp³-hybridized carbons (Fsp3) is 0.500. The molecule has 0 saturated heterocycles. The Balaban J connectivity index is 2.57. The van der Waals surface area contributed by atoms with Crippen LogP contribution in [0.1, 0.15) is 12.8 Å². The van der Waals surface area contributed by atoms with E-state index >= 15 is 0 Å². The van der Waals surface area contributed by atoms with Crippen LogP contribution >= 0.6 is 0 Å². The van der Waals surface area contributed by atoms with Crippen LogP contribution in [-0.2, 0) is 9.53 Å². The van der Waals surface area contributed by atoms with E-state index in [0.29, 0.717) is 12.4 Å². The summed E-state index contributed by atoms with van der Waals surface area (Å²) in [6.45, 7) is 0.620. The zero-order valence-electron chi connectivity index (χ0n) is 5.09. The summed E-state index contributed by atoms with van der Waals surface area (Å²) in [4.78, 5) is 10.4. The van der Waals surface area contributed by atoms with Crippen LogP contribution in [0.15, 0.2) is 11.8 Å². The molecule has 0 fully saturated rings. The topological polar surface area (TPSA) is 52.3 Å². The normalized spacial score (nSPS) is 18.0. The van der Waals surface area contributed by atoms with Crippen LogP contribution < -0.4 is 5.73 Å². The molecule has 0 saturated carbocycles. The Bertz CT molecular complexity index is 151. The Hall–Kier alpha value is -0.990. The van der Waals surface area contributed by atoms with E-state index in [2.05, 4.69) is 0 Å². The van der Waals surface area contributed by atoms with E-state index in [1.165, 1.54) is 0 Å². The van der Waals surface area contributed by atoms with Crippen molar-refractivity contribution in [2.24, 2.45) is 5.73 Å². The number of nitrogens with two attached hydrogens (primary N) is 1. The van der Waals surface area contributed by atoms with Crippen LogP contribution in [0.4, 0.5) is 0 Å². The van der Waals surface area contributed by atoms with Gasteiger partial charge in [-0.05, 0) is 18.9 Å². The van der Waals surface area contributed by atoms with Gasteiger partial charge in [-0.2, -0.15) is 0 Å². The van der Waals surface area contributed by atoms with Crippen molar-refractivity contribution in [3.8, 4) is 0 Å². The van der Waals surface area contributed by atoms with Crippen molar-refractivity contribution >= 4 is 5.91 Å². The number of primary amides is 1. The van der Waals surface area contributed by atoms with Gasteiger partial charge in [-0.25, -0.2) is 0 Å². The third kappa shape index (κ3) is 1.45. The average molecular weight is 127 g/mol. The second-order valence-electron chi connectivity index (χ2n) is 1.92.